The molecular formula is C24H20O3S. The van der Waals surface area contributed by atoms with Crippen LogP contribution in [0.3, 0.4) is 0 Å². The minimum Gasteiger partial charge on any atom is -0.378 e. The van der Waals surface area contributed by atoms with Crippen molar-refractivity contribution in [1.29, 1.82) is 0 Å². The van der Waals surface area contributed by atoms with E-state index in [1.54, 1.807) is 30.3 Å². The van der Waals surface area contributed by atoms with Crippen LogP contribution in [0.2, 0.25) is 0 Å². The van der Waals surface area contributed by atoms with Gasteiger partial charge in [-0.2, -0.15) is 8.42 Å². The lowest BCUT2D eigenvalue weighted by atomic mass is 9.94. The maximum Gasteiger partial charge on any atom is 0.339 e. The largest absolute Gasteiger partial charge is 0.378 e. The highest BCUT2D eigenvalue weighted by Gasteiger charge is 2.20. The van der Waals surface area contributed by atoms with Crippen LogP contribution in [0.25, 0.3) is 21.9 Å². The summed E-state index contributed by atoms with van der Waals surface area (Å²) in [5.41, 5.74) is 3.68. The van der Waals surface area contributed by atoms with Gasteiger partial charge in [0.1, 0.15) is 4.90 Å². The number of aryl methyl sites for hydroxylation is 2. The molecular weight excluding hydrogens is 368 g/mol. The molecule has 0 radical (unpaired) electrons. The second-order valence-corrected chi connectivity index (χ2v) is 8.37. The summed E-state index contributed by atoms with van der Waals surface area (Å²) in [7, 11) is -3.93. The molecule has 0 spiro atoms. The van der Waals surface area contributed by atoms with E-state index in [9.17, 15) is 8.42 Å². The zero-order valence-electron chi connectivity index (χ0n) is 15.7. The van der Waals surface area contributed by atoms with Gasteiger partial charge in [-0.15, -0.1) is 0 Å². The normalized spacial score (nSPS) is 11.5. The van der Waals surface area contributed by atoms with E-state index in [1.807, 2.05) is 68.4 Å². The summed E-state index contributed by atoms with van der Waals surface area (Å²) in [4.78, 5) is 0.142. The molecule has 3 nitrogen and oxygen atoms in total. The molecule has 0 bridgehead atoms. The molecule has 0 heterocycles. The van der Waals surface area contributed by atoms with E-state index in [1.165, 1.54) is 0 Å². The maximum atomic E-state index is 12.8. The molecule has 0 aliphatic rings. The van der Waals surface area contributed by atoms with Gasteiger partial charge in [-0.25, -0.2) is 0 Å². The van der Waals surface area contributed by atoms with Crippen molar-refractivity contribution in [3.05, 3.63) is 96.1 Å². The average Bonchev–Trinajstić information content (AvgIpc) is 2.68. The molecule has 4 aromatic carbocycles. The Hall–Kier alpha value is -3.11. The van der Waals surface area contributed by atoms with E-state index in [4.69, 9.17) is 4.18 Å². The van der Waals surface area contributed by atoms with Gasteiger partial charge in [0.15, 0.2) is 5.75 Å². The number of fused-ring (bicyclic) bond motifs is 1. The van der Waals surface area contributed by atoms with Crippen molar-refractivity contribution in [3.8, 4) is 16.9 Å². The molecule has 0 atom stereocenters. The van der Waals surface area contributed by atoms with Crippen molar-refractivity contribution in [2.24, 2.45) is 0 Å². The lowest BCUT2D eigenvalue weighted by Crippen LogP contribution is -2.10. The van der Waals surface area contributed by atoms with E-state index in [0.29, 0.717) is 5.75 Å². The lowest BCUT2D eigenvalue weighted by Gasteiger charge is -2.16. The van der Waals surface area contributed by atoms with Gasteiger partial charge in [0.05, 0.1) is 0 Å². The Morgan fingerprint density at radius 3 is 2.18 bits per heavy atom. The molecule has 0 aliphatic heterocycles. The van der Waals surface area contributed by atoms with Crippen LogP contribution in [0.1, 0.15) is 11.1 Å². The minimum absolute atomic E-state index is 0.142. The van der Waals surface area contributed by atoms with E-state index in [-0.39, 0.29) is 4.90 Å². The summed E-state index contributed by atoms with van der Waals surface area (Å²) in [5.74, 6) is 0.330. The van der Waals surface area contributed by atoms with Gasteiger partial charge in [-0.1, -0.05) is 72.3 Å². The van der Waals surface area contributed by atoms with Crippen LogP contribution < -0.4 is 4.18 Å². The van der Waals surface area contributed by atoms with Crippen molar-refractivity contribution >= 4 is 20.9 Å². The number of hydrogen-bond donors (Lipinski definition) is 0. The van der Waals surface area contributed by atoms with Gasteiger partial charge in [-0.05, 0) is 53.9 Å². The molecule has 0 unspecified atom stereocenters. The van der Waals surface area contributed by atoms with E-state index < -0.39 is 10.1 Å². The van der Waals surface area contributed by atoms with Crippen LogP contribution in [-0.2, 0) is 10.1 Å². The van der Waals surface area contributed by atoms with Gasteiger partial charge in [0, 0.05) is 5.56 Å². The SMILES string of the molecule is Cc1ccc(S(=O)(=O)Oc2cccc(C)c2-c2cccc3ccccc23)cc1. The molecule has 0 saturated carbocycles. The average molecular weight is 388 g/mol. The standard InChI is InChI=1S/C24H20O3S/c1-17-13-15-20(16-14-17)28(25,26)27-23-12-5-7-18(2)24(23)22-11-6-9-19-8-3-4-10-21(19)22/h3-16H,1-2H3. The Labute approximate surface area is 165 Å². The quantitative estimate of drug-likeness (QED) is 0.409. The van der Waals surface area contributed by atoms with E-state index in [2.05, 4.69) is 0 Å². The molecule has 140 valence electrons. The number of hydrogen-bond acceptors (Lipinski definition) is 3. The zero-order chi connectivity index (χ0) is 19.7. The molecule has 0 fully saturated rings. The van der Waals surface area contributed by atoms with Crippen LogP contribution in [0, 0.1) is 13.8 Å². The van der Waals surface area contributed by atoms with Gasteiger partial charge in [0.2, 0.25) is 0 Å². The van der Waals surface area contributed by atoms with Crippen LogP contribution in [0.15, 0.2) is 89.8 Å². The minimum atomic E-state index is -3.93. The summed E-state index contributed by atoms with van der Waals surface area (Å²) >= 11 is 0. The highest BCUT2D eigenvalue weighted by atomic mass is 32.2. The van der Waals surface area contributed by atoms with Crippen LogP contribution in [0.5, 0.6) is 5.75 Å². The zero-order valence-corrected chi connectivity index (χ0v) is 16.5. The molecule has 28 heavy (non-hydrogen) atoms. The van der Waals surface area contributed by atoms with Crippen LogP contribution in [0.4, 0.5) is 0 Å². The molecule has 0 aliphatic carbocycles. The molecule has 0 N–H and O–H groups in total. The Morgan fingerprint density at radius 1 is 0.714 bits per heavy atom. The second kappa shape index (κ2) is 7.13. The van der Waals surface area contributed by atoms with Gasteiger partial charge in [0.25, 0.3) is 0 Å². The van der Waals surface area contributed by atoms with E-state index >= 15 is 0 Å². The Balaban J connectivity index is 1.86. The highest BCUT2D eigenvalue weighted by Crippen LogP contribution is 2.38. The lowest BCUT2D eigenvalue weighted by molar-refractivity contribution is 0.487. The van der Waals surface area contributed by atoms with Crippen molar-refractivity contribution in [2.75, 3.05) is 0 Å². The summed E-state index contributed by atoms with van der Waals surface area (Å²) in [6, 6.07) is 26.2. The highest BCUT2D eigenvalue weighted by molar-refractivity contribution is 7.87. The van der Waals surface area contributed by atoms with Gasteiger partial charge < -0.3 is 4.18 Å². The van der Waals surface area contributed by atoms with Crippen LogP contribution in [-0.4, -0.2) is 8.42 Å². The Kier molecular flexibility index (Phi) is 4.65. The molecule has 4 heteroatoms. The summed E-state index contributed by atoms with van der Waals surface area (Å²) < 4.78 is 31.3. The monoisotopic (exact) mass is 388 g/mol. The third kappa shape index (κ3) is 3.39. The topological polar surface area (TPSA) is 43.4 Å². The first kappa shape index (κ1) is 18.3. The maximum absolute atomic E-state index is 12.8. The molecule has 0 aromatic heterocycles. The first-order valence-corrected chi connectivity index (χ1v) is 10.5. The fourth-order valence-corrected chi connectivity index (χ4v) is 4.31. The van der Waals surface area contributed by atoms with Crippen molar-refractivity contribution in [3.63, 3.8) is 0 Å². The number of rotatable bonds is 4. The predicted molar refractivity (Wildman–Crippen MR) is 113 cm³/mol. The van der Waals surface area contributed by atoms with Gasteiger partial charge >= 0.3 is 10.1 Å². The van der Waals surface area contributed by atoms with Gasteiger partial charge in [-0.3, -0.25) is 0 Å². The molecule has 0 saturated heterocycles. The van der Waals surface area contributed by atoms with Crippen molar-refractivity contribution in [1.82, 2.24) is 0 Å². The molecule has 4 rings (SSSR count). The molecule has 4 aromatic rings. The fourth-order valence-electron chi connectivity index (χ4n) is 3.37. The fraction of sp³-hybridized carbons (Fsp3) is 0.0833. The third-order valence-corrected chi connectivity index (χ3v) is 6.05. The predicted octanol–water partition coefficient (Wildman–Crippen LogP) is 5.89. The van der Waals surface area contributed by atoms with Crippen LogP contribution >= 0.6 is 0 Å². The second-order valence-electron chi connectivity index (χ2n) is 6.83. The number of benzene rings is 4. The van der Waals surface area contributed by atoms with Crippen molar-refractivity contribution < 1.29 is 12.6 Å². The smallest absolute Gasteiger partial charge is 0.339 e. The molecule has 0 amide bonds. The Morgan fingerprint density at radius 2 is 1.39 bits per heavy atom. The first-order chi connectivity index (χ1) is 13.5. The van der Waals surface area contributed by atoms with Crippen molar-refractivity contribution in [2.45, 2.75) is 18.7 Å². The van der Waals surface area contributed by atoms with E-state index in [0.717, 1.165) is 33.0 Å². The third-order valence-electron chi connectivity index (χ3n) is 4.80. The summed E-state index contributed by atoms with van der Waals surface area (Å²) in [5, 5.41) is 2.15. The summed E-state index contributed by atoms with van der Waals surface area (Å²) in [6.45, 7) is 3.87. The first-order valence-electron chi connectivity index (χ1n) is 9.04. The summed E-state index contributed by atoms with van der Waals surface area (Å²) in [6.07, 6.45) is 0. The Bertz CT molecular complexity index is 1250.